The Morgan fingerprint density at radius 2 is 1.89 bits per heavy atom. The monoisotopic (exact) mass is 406 g/mol. The predicted octanol–water partition coefficient (Wildman–Crippen LogP) is 1.41. The van der Waals surface area contributed by atoms with Crippen LogP contribution >= 0.6 is 0 Å². The van der Waals surface area contributed by atoms with E-state index in [4.69, 9.17) is 0 Å². The lowest BCUT2D eigenvalue weighted by molar-refractivity contribution is -0.379. The molecule has 0 bridgehead atoms. The van der Waals surface area contributed by atoms with Gasteiger partial charge in [0.2, 0.25) is 0 Å². The number of hydrogen-bond donors (Lipinski definition) is 0. The van der Waals surface area contributed by atoms with E-state index in [1.165, 1.54) is 12.1 Å². The second kappa shape index (κ2) is 8.44. The summed E-state index contributed by atoms with van der Waals surface area (Å²) in [6.07, 6.45) is -0.516. The third kappa shape index (κ3) is 5.47. The zero-order valence-electron chi connectivity index (χ0n) is 13.6. The molecule has 6 nitrogen and oxygen atoms in total. The maximum absolute atomic E-state index is 12.4. The first-order valence-electron chi connectivity index (χ1n) is 7.43. The van der Waals surface area contributed by atoms with Crippen LogP contribution in [0.5, 0.6) is 0 Å². The van der Waals surface area contributed by atoms with Crippen molar-refractivity contribution in [2.75, 3.05) is 6.61 Å². The van der Waals surface area contributed by atoms with Crippen LogP contribution in [0, 0.1) is 0 Å². The minimum Gasteiger partial charge on any atom is -0.858 e. The van der Waals surface area contributed by atoms with Gasteiger partial charge in [-0.1, -0.05) is 18.2 Å². The van der Waals surface area contributed by atoms with E-state index < -0.39 is 34.9 Å². The summed E-state index contributed by atoms with van der Waals surface area (Å²) in [6, 6.07) is 9.28. The number of halogens is 4. The summed E-state index contributed by atoms with van der Waals surface area (Å²) in [6.45, 7) is -1.40. The number of aromatic nitrogens is 1. The summed E-state index contributed by atoms with van der Waals surface area (Å²) in [5.74, 6) is -4.76. The Kier molecular flexibility index (Phi) is 6.50. The average Bonchev–Trinajstić information content (AvgIpc) is 2.86. The minimum atomic E-state index is -4.08. The zero-order valence-corrected chi connectivity index (χ0v) is 14.4. The molecule has 11 heteroatoms. The maximum Gasteiger partial charge on any atom is 0.330 e. The van der Waals surface area contributed by atoms with Crippen LogP contribution in [0.2, 0.25) is 0 Å². The van der Waals surface area contributed by atoms with Crippen LogP contribution < -0.4 is 10.1 Å². The molecule has 0 spiro atoms. The van der Waals surface area contributed by atoms with Crippen molar-refractivity contribution in [3.63, 3.8) is 0 Å². The van der Waals surface area contributed by atoms with Crippen LogP contribution in [0.15, 0.2) is 58.1 Å². The Balaban J connectivity index is 0.000000198. The Hall–Kier alpha value is -2.53. The molecule has 1 aliphatic heterocycles. The van der Waals surface area contributed by atoms with Gasteiger partial charge in [-0.2, -0.15) is 21.6 Å². The van der Waals surface area contributed by atoms with Crippen LogP contribution in [0.1, 0.15) is 11.1 Å². The topological polar surface area (TPSA) is 92.9 Å². The van der Waals surface area contributed by atoms with E-state index in [1.807, 2.05) is 0 Å². The smallest absolute Gasteiger partial charge is 0.330 e. The first-order chi connectivity index (χ1) is 12.6. The van der Waals surface area contributed by atoms with Crippen LogP contribution in [-0.4, -0.2) is 33.3 Å². The molecule has 1 N–H and O–H groups in total. The van der Waals surface area contributed by atoms with E-state index in [0.717, 1.165) is 0 Å². The quantitative estimate of drug-likeness (QED) is 0.702. The van der Waals surface area contributed by atoms with Gasteiger partial charge in [-0.05, 0) is 12.1 Å². The number of hydrogen-bond acceptors (Lipinski definition) is 4. The highest BCUT2D eigenvalue weighted by molar-refractivity contribution is 7.90. The number of sulfonamides is 1. The molecular weight excluding hydrogens is 392 g/mol. The Morgan fingerprint density at radius 1 is 1.19 bits per heavy atom. The zero-order chi connectivity index (χ0) is 20.1. The van der Waals surface area contributed by atoms with E-state index in [1.54, 1.807) is 36.7 Å². The van der Waals surface area contributed by atoms with Crippen molar-refractivity contribution in [2.45, 2.75) is 23.9 Å². The van der Waals surface area contributed by atoms with Crippen molar-refractivity contribution in [3.05, 3.63) is 59.9 Å². The van der Waals surface area contributed by atoms with Gasteiger partial charge in [0, 0.05) is 23.1 Å². The highest BCUT2D eigenvalue weighted by atomic mass is 32.2. The lowest BCUT2D eigenvalue weighted by Crippen LogP contribution is -2.32. The molecule has 0 radical (unpaired) electrons. The summed E-state index contributed by atoms with van der Waals surface area (Å²) >= 11 is 0. The largest absolute Gasteiger partial charge is 0.858 e. The van der Waals surface area contributed by atoms with Crippen LogP contribution in [0.4, 0.5) is 17.6 Å². The molecule has 0 saturated heterocycles. The molecule has 27 heavy (non-hydrogen) atoms. The number of nitrogens with one attached hydrogen (secondary N) is 1. The predicted molar refractivity (Wildman–Crippen MR) is 83.8 cm³/mol. The van der Waals surface area contributed by atoms with Crippen molar-refractivity contribution in [2.24, 2.45) is 4.40 Å². The average molecular weight is 406 g/mol. The van der Waals surface area contributed by atoms with Gasteiger partial charge in [-0.25, -0.2) is 13.8 Å². The van der Waals surface area contributed by atoms with Crippen molar-refractivity contribution in [3.8, 4) is 0 Å². The first-order valence-corrected chi connectivity index (χ1v) is 8.87. The second-order valence-electron chi connectivity index (χ2n) is 5.33. The SMILES string of the molecule is FC(F)C(F)(F)COCc1ccc[nH+]c1.O=S1(=O)N=C([O-])c2ccccc21. The molecule has 1 aromatic heterocycles. The Morgan fingerprint density at radius 3 is 2.48 bits per heavy atom. The third-order valence-corrected chi connectivity index (χ3v) is 4.57. The molecule has 0 atom stereocenters. The number of aromatic amines is 1. The van der Waals surface area contributed by atoms with Gasteiger partial charge in [-0.15, -0.1) is 0 Å². The fourth-order valence-electron chi connectivity index (χ4n) is 1.96. The van der Waals surface area contributed by atoms with Gasteiger partial charge in [0.05, 0.1) is 11.5 Å². The van der Waals surface area contributed by atoms with E-state index in [2.05, 4.69) is 14.1 Å². The molecule has 2 aromatic rings. The molecule has 2 heterocycles. The van der Waals surface area contributed by atoms with Crippen molar-refractivity contribution < 1.29 is 40.8 Å². The summed E-state index contributed by atoms with van der Waals surface area (Å²) in [4.78, 5) is 2.72. The fourth-order valence-corrected chi connectivity index (χ4v) is 3.06. The van der Waals surface area contributed by atoms with Crippen LogP contribution in [0.3, 0.4) is 0 Å². The van der Waals surface area contributed by atoms with Crippen LogP contribution in [-0.2, 0) is 21.4 Å². The molecule has 3 rings (SSSR count). The number of rotatable bonds is 5. The highest BCUT2D eigenvalue weighted by Gasteiger charge is 2.40. The number of benzene rings is 1. The number of H-pyrrole nitrogens is 1. The summed E-state index contributed by atoms with van der Waals surface area (Å²) < 4.78 is 77.8. The molecule has 0 aliphatic carbocycles. The molecule has 146 valence electrons. The maximum atomic E-state index is 12.4. The van der Waals surface area contributed by atoms with Gasteiger partial charge < -0.3 is 9.84 Å². The van der Waals surface area contributed by atoms with Gasteiger partial charge in [0.25, 0.3) is 10.0 Å². The molecule has 0 amide bonds. The van der Waals surface area contributed by atoms with Crippen molar-refractivity contribution >= 4 is 15.9 Å². The molecular formula is C16H14F4N2O4S. The summed E-state index contributed by atoms with van der Waals surface area (Å²) in [5, 5.41) is 10.9. The van der Waals surface area contributed by atoms with Gasteiger partial charge in [0.1, 0.15) is 6.61 Å². The molecule has 0 saturated carbocycles. The third-order valence-electron chi connectivity index (χ3n) is 3.25. The lowest BCUT2D eigenvalue weighted by atomic mass is 10.2. The van der Waals surface area contributed by atoms with Crippen molar-refractivity contribution in [1.29, 1.82) is 0 Å². The normalized spacial score (nSPS) is 14.9. The molecule has 0 fully saturated rings. The molecule has 1 aromatic carbocycles. The second-order valence-corrected chi connectivity index (χ2v) is 6.91. The Labute approximate surface area is 152 Å². The Bertz CT molecular complexity index is 906. The number of pyridine rings is 1. The molecule has 1 aliphatic rings. The standard InChI is InChI=1S/C9H9F4NO.C7H5NO3S/c10-8(11)9(12,13)6-15-5-7-2-1-3-14-4-7;9-7-5-3-1-2-4-6(5)12(10,11)8-7/h1-4,8H,5-6H2;1-4H,(H,8,9). The summed E-state index contributed by atoms with van der Waals surface area (Å²) in [7, 11) is -3.68. The van der Waals surface area contributed by atoms with Crippen molar-refractivity contribution in [1.82, 2.24) is 0 Å². The van der Waals surface area contributed by atoms with E-state index >= 15 is 0 Å². The van der Waals surface area contributed by atoms with Gasteiger partial charge in [-0.3, -0.25) is 0 Å². The molecule has 0 unspecified atom stereocenters. The van der Waals surface area contributed by atoms with E-state index in [-0.39, 0.29) is 17.1 Å². The van der Waals surface area contributed by atoms with E-state index in [0.29, 0.717) is 5.56 Å². The highest BCUT2D eigenvalue weighted by Crippen LogP contribution is 2.24. The lowest BCUT2D eigenvalue weighted by Gasteiger charge is -2.14. The van der Waals surface area contributed by atoms with Crippen LogP contribution in [0.25, 0.3) is 0 Å². The summed E-state index contributed by atoms with van der Waals surface area (Å²) in [5.41, 5.74) is 0.778. The number of nitrogens with zero attached hydrogens (tertiary/aromatic N) is 1. The minimum absolute atomic E-state index is 0.00926. The fraction of sp³-hybridized carbons (Fsp3) is 0.250. The number of ether oxygens (including phenoxy) is 1. The van der Waals surface area contributed by atoms with Gasteiger partial charge in [0.15, 0.2) is 12.4 Å². The first kappa shape index (κ1) is 20.8. The number of alkyl halides is 4. The number of fused-ring (bicyclic) bond motifs is 1. The van der Waals surface area contributed by atoms with Gasteiger partial charge >= 0.3 is 12.3 Å². The van der Waals surface area contributed by atoms with E-state index in [9.17, 15) is 31.1 Å².